The van der Waals surface area contributed by atoms with Crippen molar-refractivity contribution in [1.29, 1.82) is 0 Å². The zero-order valence-electron chi connectivity index (χ0n) is 11.4. The second-order valence-electron chi connectivity index (χ2n) is 4.23. The molecule has 5 heteroatoms. The van der Waals surface area contributed by atoms with Gasteiger partial charge in [-0.15, -0.1) is 0 Å². The van der Waals surface area contributed by atoms with Crippen molar-refractivity contribution in [1.82, 2.24) is 4.90 Å². The Labute approximate surface area is 112 Å². The Morgan fingerprint density at radius 3 is 2.58 bits per heavy atom. The Kier molecular flexibility index (Phi) is 5.36. The maximum Gasteiger partial charge on any atom is 0.331 e. The van der Waals surface area contributed by atoms with Gasteiger partial charge in [0.1, 0.15) is 5.75 Å². The topological polar surface area (TPSA) is 66.8 Å². The van der Waals surface area contributed by atoms with Crippen LogP contribution in [0.25, 0.3) is 0 Å². The summed E-state index contributed by atoms with van der Waals surface area (Å²) in [6.07, 6.45) is 0.702. The number of amides is 1. The number of benzene rings is 1. The molecule has 0 fully saturated rings. The molecule has 1 amide bonds. The van der Waals surface area contributed by atoms with Gasteiger partial charge in [0.05, 0.1) is 7.11 Å². The van der Waals surface area contributed by atoms with E-state index in [1.807, 2.05) is 6.92 Å². The molecule has 1 aromatic rings. The molecule has 0 aromatic heterocycles. The van der Waals surface area contributed by atoms with Crippen molar-refractivity contribution in [2.75, 3.05) is 13.7 Å². The van der Waals surface area contributed by atoms with E-state index in [1.165, 1.54) is 18.9 Å². The summed E-state index contributed by atoms with van der Waals surface area (Å²) in [4.78, 5) is 24.5. The molecule has 0 aliphatic carbocycles. The molecule has 0 aliphatic rings. The Morgan fingerprint density at radius 1 is 1.42 bits per heavy atom. The quantitative estimate of drug-likeness (QED) is 0.855. The van der Waals surface area contributed by atoms with E-state index in [9.17, 15) is 14.7 Å². The van der Waals surface area contributed by atoms with Crippen LogP contribution >= 0.6 is 0 Å². The van der Waals surface area contributed by atoms with Crippen LogP contribution in [0, 0.1) is 0 Å². The van der Waals surface area contributed by atoms with Crippen molar-refractivity contribution in [3.05, 3.63) is 29.8 Å². The zero-order valence-corrected chi connectivity index (χ0v) is 11.4. The predicted molar refractivity (Wildman–Crippen MR) is 71.0 cm³/mol. The molecule has 1 rings (SSSR count). The van der Waals surface area contributed by atoms with Gasteiger partial charge in [-0.05, 0) is 24.1 Å². The van der Waals surface area contributed by atoms with Crippen molar-refractivity contribution >= 4 is 11.9 Å². The number of methoxy groups -OCH3 is 1. The Bertz CT molecular complexity index is 459. The molecule has 5 nitrogen and oxygen atoms in total. The van der Waals surface area contributed by atoms with Crippen molar-refractivity contribution in [2.24, 2.45) is 0 Å². The molecule has 0 aliphatic heterocycles. The first-order valence-corrected chi connectivity index (χ1v) is 6.15. The summed E-state index contributed by atoms with van der Waals surface area (Å²) < 4.78 is 5.09. The smallest absolute Gasteiger partial charge is 0.331 e. The summed E-state index contributed by atoms with van der Waals surface area (Å²) in [6, 6.07) is 5.80. The number of rotatable bonds is 6. The Balaban J connectivity index is 3.17. The largest absolute Gasteiger partial charge is 0.497 e. The van der Waals surface area contributed by atoms with Gasteiger partial charge in [-0.2, -0.15) is 0 Å². The van der Waals surface area contributed by atoms with E-state index in [4.69, 9.17) is 4.74 Å². The van der Waals surface area contributed by atoms with Crippen molar-refractivity contribution in [3.8, 4) is 5.75 Å². The first kappa shape index (κ1) is 15.0. The molecule has 0 saturated carbocycles. The van der Waals surface area contributed by atoms with Gasteiger partial charge >= 0.3 is 5.97 Å². The molecule has 1 aromatic carbocycles. The molecular formula is C14H19NO4. The van der Waals surface area contributed by atoms with Crippen LogP contribution < -0.4 is 4.74 Å². The van der Waals surface area contributed by atoms with Gasteiger partial charge in [0, 0.05) is 13.5 Å². The summed E-state index contributed by atoms with van der Waals surface area (Å²) in [7, 11) is 1.52. The third kappa shape index (κ3) is 3.71. The molecule has 0 spiro atoms. The summed E-state index contributed by atoms with van der Waals surface area (Å²) in [6.45, 7) is 3.69. The second-order valence-corrected chi connectivity index (χ2v) is 4.23. The molecule has 19 heavy (non-hydrogen) atoms. The summed E-state index contributed by atoms with van der Waals surface area (Å²) in [5.41, 5.74) is 0.538. The first-order valence-electron chi connectivity index (χ1n) is 6.15. The number of carboxylic acid groups (broad SMARTS) is 1. The third-order valence-corrected chi connectivity index (χ3v) is 2.82. The number of hydrogen-bond acceptors (Lipinski definition) is 3. The zero-order chi connectivity index (χ0) is 14.4. The van der Waals surface area contributed by atoms with Crippen molar-refractivity contribution in [2.45, 2.75) is 26.3 Å². The van der Waals surface area contributed by atoms with Gasteiger partial charge < -0.3 is 14.7 Å². The van der Waals surface area contributed by atoms with Crippen LogP contribution in [-0.4, -0.2) is 35.5 Å². The van der Waals surface area contributed by atoms with Crippen LogP contribution in [0.4, 0.5) is 0 Å². The monoisotopic (exact) mass is 265 g/mol. The van der Waals surface area contributed by atoms with E-state index in [1.54, 1.807) is 24.3 Å². The van der Waals surface area contributed by atoms with Crippen LogP contribution in [0.2, 0.25) is 0 Å². The predicted octanol–water partition coefficient (Wildman–Crippen LogP) is 2.08. The number of carbonyl (C=O) groups excluding carboxylic acids is 1. The number of aliphatic carboxylic acids is 1. The van der Waals surface area contributed by atoms with Gasteiger partial charge in [-0.25, -0.2) is 4.79 Å². The van der Waals surface area contributed by atoms with Crippen LogP contribution in [0.1, 0.15) is 31.9 Å². The van der Waals surface area contributed by atoms with Crippen LogP contribution in [0.5, 0.6) is 5.75 Å². The van der Waals surface area contributed by atoms with Crippen molar-refractivity contribution in [3.63, 3.8) is 0 Å². The Hall–Kier alpha value is -2.04. The van der Waals surface area contributed by atoms with E-state index in [-0.39, 0.29) is 5.91 Å². The fourth-order valence-electron chi connectivity index (χ4n) is 1.98. The normalized spacial score (nSPS) is 11.7. The standard InChI is InChI=1S/C14H19NO4/c1-4-8-15(10(2)16)13(14(17)18)11-6-5-7-12(9-11)19-3/h5-7,9,13H,4,8H2,1-3H3,(H,17,18). The number of hydrogen-bond donors (Lipinski definition) is 1. The average molecular weight is 265 g/mol. The van der Waals surface area contributed by atoms with Gasteiger partial charge in [-0.3, -0.25) is 4.79 Å². The highest BCUT2D eigenvalue weighted by atomic mass is 16.5. The minimum atomic E-state index is -1.04. The molecule has 1 N–H and O–H groups in total. The lowest BCUT2D eigenvalue weighted by Crippen LogP contribution is -2.38. The fraction of sp³-hybridized carbons (Fsp3) is 0.429. The molecular weight excluding hydrogens is 246 g/mol. The lowest BCUT2D eigenvalue weighted by atomic mass is 10.0. The average Bonchev–Trinajstić information content (AvgIpc) is 2.38. The summed E-state index contributed by atoms with van der Waals surface area (Å²) in [5.74, 6) is -0.724. The molecule has 1 unspecified atom stereocenters. The van der Waals surface area contributed by atoms with Crippen LogP contribution in [0.15, 0.2) is 24.3 Å². The molecule has 0 radical (unpaired) electrons. The van der Waals surface area contributed by atoms with E-state index in [0.717, 1.165) is 0 Å². The number of carboxylic acids is 1. The van der Waals surface area contributed by atoms with Gasteiger partial charge in [0.2, 0.25) is 5.91 Å². The van der Waals surface area contributed by atoms with Gasteiger partial charge in [0.25, 0.3) is 0 Å². The third-order valence-electron chi connectivity index (χ3n) is 2.82. The highest BCUT2D eigenvalue weighted by Gasteiger charge is 2.29. The molecule has 1 atom stereocenters. The number of ether oxygens (including phenoxy) is 1. The maximum atomic E-state index is 11.6. The summed E-state index contributed by atoms with van der Waals surface area (Å²) >= 11 is 0. The van der Waals surface area contributed by atoms with E-state index in [2.05, 4.69) is 0 Å². The molecule has 0 saturated heterocycles. The molecule has 104 valence electrons. The molecule has 0 heterocycles. The van der Waals surface area contributed by atoms with E-state index in [0.29, 0.717) is 24.3 Å². The minimum absolute atomic E-state index is 0.253. The molecule has 0 bridgehead atoms. The SMILES string of the molecule is CCCN(C(C)=O)C(C(=O)O)c1cccc(OC)c1. The van der Waals surface area contributed by atoms with Gasteiger partial charge in [-0.1, -0.05) is 19.1 Å². The van der Waals surface area contributed by atoms with Crippen LogP contribution in [-0.2, 0) is 9.59 Å². The lowest BCUT2D eigenvalue weighted by Gasteiger charge is -2.28. The first-order chi connectivity index (χ1) is 9.01. The summed E-state index contributed by atoms with van der Waals surface area (Å²) in [5, 5.41) is 9.40. The van der Waals surface area contributed by atoms with E-state index < -0.39 is 12.0 Å². The Morgan fingerprint density at radius 2 is 2.11 bits per heavy atom. The minimum Gasteiger partial charge on any atom is -0.497 e. The lowest BCUT2D eigenvalue weighted by molar-refractivity contribution is -0.149. The fourth-order valence-corrected chi connectivity index (χ4v) is 1.98. The highest BCUT2D eigenvalue weighted by Crippen LogP contribution is 2.25. The number of nitrogens with zero attached hydrogens (tertiary/aromatic N) is 1. The van der Waals surface area contributed by atoms with Gasteiger partial charge in [0.15, 0.2) is 6.04 Å². The number of carbonyl (C=O) groups is 2. The highest BCUT2D eigenvalue weighted by molar-refractivity contribution is 5.83. The maximum absolute atomic E-state index is 11.6. The van der Waals surface area contributed by atoms with Crippen molar-refractivity contribution < 1.29 is 19.4 Å². The van der Waals surface area contributed by atoms with E-state index >= 15 is 0 Å². The van der Waals surface area contributed by atoms with Crippen LogP contribution in [0.3, 0.4) is 0 Å². The second kappa shape index (κ2) is 6.78.